The minimum absolute atomic E-state index is 0.0903. The van der Waals surface area contributed by atoms with Crippen molar-refractivity contribution in [3.8, 4) is 0 Å². The van der Waals surface area contributed by atoms with Crippen LogP contribution in [0.5, 0.6) is 0 Å². The van der Waals surface area contributed by atoms with Gasteiger partial charge in [0.15, 0.2) is 0 Å². The smallest absolute Gasteiger partial charge is 0.252 e. The van der Waals surface area contributed by atoms with Crippen LogP contribution in [-0.4, -0.2) is 23.8 Å². The van der Waals surface area contributed by atoms with Crippen molar-refractivity contribution >= 4 is 29.0 Å². The van der Waals surface area contributed by atoms with Crippen LogP contribution in [-0.2, 0) is 0 Å². The molecule has 1 aromatic carbocycles. The van der Waals surface area contributed by atoms with E-state index in [2.05, 4.69) is 5.32 Å². The molecule has 2 N–H and O–H groups in total. The van der Waals surface area contributed by atoms with Crippen molar-refractivity contribution in [2.24, 2.45) is 0 Å². The van der Waals surface area contributed by atoms with Gasteiger partial charge < -0.3 is 10.4 Å². The van der Waals surface area contributed by atoms with E-state index in [1.54, 1.807) is 23.1 Å². The monoisotopic (exact) mass is 307 g/mol. The van der Waals surface area contributed by atoms with Crippen LogP contribution in [0.2, 0.25) is 0 Å². The minimum Gasteiger partial charge on any atom is -0.388 e. The van der Waals surface area contributed by atoms with Gasteiger partial charge >= 0.3 is 0 Å². The molecule has 2 rings (SSSR count). The zero-order valence-electron chi connectivity index (χ0n) is 11.2. The number of thioether (sulfide) groups is 1. The molecule has 0 bridgehead atoms. The Balaban J connectivity index is 1.86. The van der Waals surface area contributed by atoms with Crippen molar-refractivity contribution in [2.45, 2.75) is 17.4 Å². The number of nitrogens with one attached hydrogen (secondary N) is 1. The lowest BCUT2D eigenvalue weighted by Gasteiger charge is -2.11. The van der Waals surface area contributed by atoms with E-state index < -0.39 is 6.10 Å². The third-order valence-electron chi connectivity index (χ3n) is 2.98. The third kappa shape index (κ3) is 3.85. The number of hydrogen-bond acceptors (Lipinski definition) is 4. The number of benzene rings is 1. The lowest BCUT2D eigenvalue weighted by atomic mass is 10.1. The van der Waals surface area contributed by atoms with Crippen molar-refractivity contribution < 1.29 is 9.90 Å². The average molecular weight is 307 g/mol. The molecular weight excluding hydrogens is 290 g/mol. The lowest BCUT2D eigenvalue weighted by Crippen LogP contribution is -2.26. The molecule has 3 nitrogen and oxygen atoms in total. The molecule has 0 saturated carbocycles. The number of hydrogen-bond donors (Lipinski definition) is 2. The van der Waals surface area contributed by atoms with Crippen LogP contribution < -0.4 is 5.32 Å². The van der Waals surface area contributed by atoms with Crippen LogP contribution in [0.1, 0.15) is 28.4 Å². The van der Waals surface area contributed by atoms with Crippen LogP contribution in [0.4, 0.5) is 0 Å². The standard InChI is InChI=1S/C15H17NO2S2/c1-19-14-5-3-2-4-12(14)15(18)16-8-6-13(17)11-7-9-20-10-11/h2-5,7,9-10,13,17H,6,8H2,1H3,(H,16,18). The summed E-state index contributed by atoms with van der Waals surface area (Å²) < 4.78 is 0. The molecule has 1 aromatic heterocycles. The van der Waals surface area contributed by atoms with Crippen LogP contribution in [0.15, 0.2) is 46.0 Å². The van der Waals surface area contributed by atoms with Crippen LogP contribution >= 0.6 is 23.1 Å². The fourth-order valence-electron chi connectivity index (χ4n) is 1.88. The Morgan fingerprint density at radius 3 is 2.90 bits per heavy atom. The summed E-state index contributed by atoms with van der Waals surface area (Å²) in [4.78, 5) is 13.0. The summed E-state index contributed by atoms with van der Waals surface area (Å²) in [5, 5.41) is 16.7. The van der Waals surface area contributed by atoms with Crippen molar-refractivity contribution in [1.82, 2.24) is 5.32 Å². The van der Waals surface area contributed by atoms with Crippen LogP contribution in [0.25, 0.3) is 0 Å². The molecule has 2 aromatic rings. The second-order valence-corrected chi connectivity index (χ2v) is 5.95. The summed E-state index contributed by atoms with van der Waals surface area (Å²) in [6.45, 7) is 0.457. The molecule has 0 spiro atoms. The summed E-state index contributed by atoms with van der Waals surface area (Å²) in [6, 6.07) is 9.42. The van der Waals surface area contributed by atoms with Gasteiger partial charge in [0, 0.05) is 11.4 Å². The first-order valence-corrected chi connectivity index (χ1v) is 8.50. The van der Waals surface area contributed by atoms with Gasteiger partial charge in [0.05, 0.1) is 11.7 Å². The Labute approximate surface area is 127 Å². The molecule has 1 atom stereocenters. The molecular formula is C15H17NO2S2. The minimum atomic E-state index is -0.516. The third-order valence-corrected chi connectivity index (χ3v) is 4.48. The quantitative estimate of drug-likeness (QED) is 0.805. The predicted octanol–water partition coefficient (Wildman–Crippen LogP) is 3.32. The second kappa shape index (κ2) is 7.47. The Morgan fingerprint density at radius 2 is 2.20 bits per heavy atom. The molecule has 0 aliphatic rings. The Morgan fingerprint density at radius 1 is 1.40 bits per heavy atom. The van der Waals surface area contributed by atoms with Gasteiger partial charge in [-0.1, -0.05) is 12.1 Å². The van der Waals surface area contributed by atoms with E-state index in [0.717, 1.165) is 10.5 Å². The Bertz CT molecular complexity index is 555. The molecule has 1 heterocycles. The number of rotatable bonds is 6. The molecule has 0 aliphatic heterocycles. The largest absolute Gasteiger partial charge is 0.388 e. The van der Waals surface area contributed by atoms with Crippen molar-refractivity contribution in [1.29, 1.82) is 0 Å². The van der Waals surface area contributed by atoms with Crippen LogP contribution in [0.3, 0.4) is 0 Å². The highest BCUT2D eigenvalue weighted by Crippen LogP contribution is 2.20. The van der Waals surface area contributed by atoms with E-state index in [1.807, 2.05) is 47.3 Å². The number of thiophene rings is 1. The van der Waals surface area contributed by atoms with Gasteiger partial charge in [-0.15, -0.1) is 11.8 Å². The molecule has 0 radical (unpaired) electrons. The maximum absolute atomic E-state index is 12.1. The SMILES string of the molecule is CSc1ccccc1C(=O)NCCC(O)c1ccsc1. The molecule has 1 unspecified atom stereocenters. The van der Waals surface area contributed by atoms with Gasteiger partial charge in [-0.25, -0.2) is 0 Å². The first kappa shape index (κ1) is 15.1. The average Bonchev–Trinajstić information content (AvgIpc) is 3.01. The predicted molar refractivity (Wildman–Crippen MR) is 84.5 cm³/mol. The molecule has 0 fully saturated rings. The van der Waals surface area contributed by atoms with Gasteiger partial charge in [0.1, 0.15) is 0 Å². The second-order valence-electron chi connectivity index (χ2n) is 4.32. The number of carbonyl (C=O) groups excluding carboxylic acids is 1. The van der Waals surface area contributed by atoms with Crippen LogP contribution in [0, 0.1) is 0 Å². The molecule has 0 aliphatic carbocycles. The maximum atomic E-state index is 12.1. The molecule has 5 heteroatoms. The van der Waals surface area contributed by atoms with Gasteiger partial charge in [0.2, 0.25) is 0 Å². The first-order valence-electron chi connectivity index (χ1n) is 6.33. The highest BCUT2D eigenvalue weighted by Gasteiger charge is 2.11. The van der Waals surface area contributed by atoms with Gasteiger partial charge in [0.25, 0.3) is 5.91 Å². The number of amides is 1. The van der Waals surface area contributed by atoms with E-state index in [0.29, 0.717) is 18.5 Å². The van der Waals surface area contributed by atoms with Crippen molar-refractivity contribution in [3.63, 3.8) is 0 Å². The molecule has 20 heavy (non-hydrogen) atoms. The normalized spacial score (nSPS) is 12.1. The van der Waals surface area contributed by atoms with E-state index >= 15 is 0 Å². The van der Waals surface area contributed by atoms with E-state index in [4.69, 9.17) is 0 Å². The van der Waals surface area contributed by atoms with Gasteiger partial charge in [-0.3, -0.25) is 4.79 Å². The fraction of sp³-hybridized carbons (Fsp3) is 0.267. The van der Waals surface area contributed by atoms with E-state index in [9.17, 15) is 9.90 Å². The number of aliphatic hydroxyl groups excluding tert-OH is 1. The number of aliphatic hydroxyl groups is 1. The van der Waals surface area contributed by atoms with Crippen molar-refractivity contribution in [2.75, 3.05) is 12.8 Å². The zero-order chi connectivity index (χ0) is 14.4. The summed E-state index contributed by atoms with van der Waals surface area (Å²) >= 11 is 3.11. The van der Waals surface area contributed by atoms with Gasteiger partial charge in [-0.2, -0.15) is 11.3 Å². The van der Waals surface area contributed by atoms with Crippen molar-refractivity contribution in [3.05, 3.63) is 52.2 Å². The Hall–Kier alpha value is -1.30. The molecule has 0 saturated heterocycles. The molecule has 1 amide bonds. The Kier molecular flexibility index (Phi) is 5.64. The highest BCUT2D eigenvalue weighted by molar-refractivity contribution is 7.98. The number of carbonyl (C=O) groups is 1. The summed E-state index contributed by atoms with van der Waals surface area (Å²) in [5.74, 6) is -0.0903. The first-order chi connectivity index (χ1) is 9.72. The zero-order valence-corrected chi connectivity index (χ0v) is 12.8. The molecule has 106 valence electrons. The van der Waals surface area contributed by atoms with E-state index in [1.165, 1.54) is 0 Å². The summed E-state index contributed by atoms with van der Waals surface area (Å²) in [5.41, 5.74) is 1.60. The van der Waals surface area contributed by atoms with Gasteiger partial charge in [-0.05, 0) is 47.2 Å². The fourth-order valence-corrected chi connectivity index (χ4v) is 3.18. The summed E-state index contributed by atoms with van der Waals surface area (Å²) in [6.07, 6.45) is 1.95. The lowest BCUT2D eigenvalue weighted by molar-refractivity contribution is 0.0940. The van der Waals surface area contributed by atoms with E-state index in [-0.39, 0.29) is 5.91 Å². The summed E-state index contributed by atoms with van der Waals surface area (Å²) in [7, 11) is 0. The highest BCUT2D eigenvalue weighted by atomic mass is 32.2. The topological polar surface area (TPSA) is 49.3 Å². The maximum Gasteiger partial charge on any atom is 0.252 e.